The third kappa shape index (κ3) is 4.80. The Kier molecular flexibility index (Phi) is 6.07. The van der Waals surface area contributed by atoms with E-state index in [1.54, 1.807) is 13.3 Å². The van der Waals surface area contributed by atoms with E-state index in [1.807, 2.05) is 66.1 Å². The molecule has 0 fully saturated rings. The van der Waals surface area contributed by atoms with Gasteiger partial charge in [0.05, 0.1) is 30.8 Å². The van der Waals surface area contributed by atoms with E-state index in [4.69, 9.17) is 9.47 Å². The fraction of sp³-hybridized carbons (Fsp3) is 0.217. The number of aryl methyl sites for hydroxylation is 1. The predicted octanol–water partition coefficient (Wildman–Crippen LogP) is 3.91. The zero-order chi connectivity index (χ0) is 21.6. The van der Waals surface area contributed by atoms with E-state index in [0.29, 0.717) is 25.1 Å². The van der Waals surface area contributed by atoms with Crippen LogP contribution in [0.25, 0.3) is 17.0 Å². The topological polar surface area (TPSA) is 90.6 Å². The molecular formula is C23H23N5O3. The van der Waals surface area contributed by atoms with Crippen molar-refractivity contribution in [2.24, 2.45) is 0 Å². The molecule has 3 aromatic heterocycles. The first-order valence-corrected chi connectivity index (χ1v) is 9.98. The van der Waals surface area contributed by atoms with E-state index in [0.717, 1.165) is 28.5 Å². The van der Waals surface area contributed by atoms with Crippen LogP contribution in [0.4, 0.5) is 5.95 Å². The Hall–Kier alpha value is -3.94. The number of methoxy groups -OCH3 is 1. The molecule has 0 saturated heterocycles. The number of hydrogen-bond donors (Lipinski definition) is 1. The lowest BCUT2D eigenvalue weighted by Gasteiger charge is -2.08. The van der Waals surface area contributed by atoms with Crippen LogP contribution in [0.15, 0.2) is 60.9 Å². The van der Waals surface area contributed by atoms with Gasteiger partial charge in [-0.25, -0.2) is 15.0 Å². The van der Waals surface area contributed by atoms with Gasteiger partial charge in [-0.15, -0.1) is 0 Å². The largest absolute Gasteiger partial charge is 0.497 e. The van der Waals surface area contributed by atoms with Gasteiger partial charge in [-0.2, -0.15) is 0 Å². The second-order valence-corrected chi connectivity index (χ2v) is 6.92. The molecule has 0 radical (unpaired) electrons. The van der Waals surface area contributed by atoms with Crippen LogP contribution < -0.4 is 14.8 Å². The smallest absolute Gasteiger partial charge is 0.229 e. The molecule has 0 spiro atoms. The normalized spacial score (nSPS) is 10.8. The van der Waals surface area contributed by atoms with Crippen LogP contribution in [-0.4, -0.2) is 39.0 Å². The highest BCUT2D eigenvalue weighted by Crippen LogP contribution is 2.23. The number of pyridine rings is 1. The minimum absolute atomic E-state index is 0.162. The van der Waals surface area contributed by atoms with Crippen molar-refractivity contribution >= 4 is 17.5 Å². The second kappa shape index (κ2) is 9.25. The number of ether oxygens (including phenoxy) is 2. The predicted molar refractivity (Wildman–Crippen MR) is 117 cm³/mol. The number of hydrogen-bond acceptors (Lipinski definition) is 6. The standard InChI is InChI=1S/C23H23N5O3/c1-16-22(28-14-4-3-6-20(28)25-16)19-12-13-24-23(26-19)27-21(29)7-5-15-31-18-10-8-17(30-2)9-11-18/h3-4,6,8-14H,5,7,15H2,1-2H3,(H,24,26,27,29). The maximum absolute atomic E-state index is 12.3. The molecule has 0 aliphatic rings. The van der Waals surface area contributed by atoms with Crippen LogP contribution in [-0.2, 0) is 4.79 Å². The van der Waals surface area contributed by atoms with E-state index in [2.05, 4.69) is 20.3 Å². The molecule has 1 amide bonds. The summed E-state index contributed by atoms with van der Waals surface area (Å²) in [6.45, 7) is 2.37. The van der Waals surface area contributed by atoms with Gasteiger partial charge in [0.1, 0.15) is 17.1 Å². The molecule has 0 aliphatic heterocycles. The number of rotatable bonds is 8. The number of benzene rings is 1. The molecular weight excluding hydrogens is 394 g/mol. The first kappa shape index (κ1) is 20.3. The second-order valence-electron chi connectivity index (χ2n) is 6.92. The molecule has 8 nitrogen and oxygen atoms in total. The Morgan fingerprint density at radius 3 is 2.68 bits per heavy atom. The van der Waals surface area contributed by atoms with Crippen molar-refractivity contribution in [1.29, 1.82) is 0 Å². The van der Waals surface area contributed by atoms with E-state index < -0.39 is 0 Å². The molecule has 4 rings (SSSR count). The third-order valence-electron chi connectivity index (χ3n) is 4.73. The van der Waals surface area contributed by atoms with Crippen LogP contribution in [0, 0.1) is 6.92 Å². The molecule has 158 valence electrons. The molecule has 1 N–H and O–H groups in total. The summed E-state index contributed by atoms with van der Waals surface area (Å²) in [6.07, 6.45) is 4.45. The molecule has 0 bridgehead atoms. The summed E-state index contributed by atoms with van der Waals surface area (Å²) < 4.78 is 12.7. The maximum atomic E-state index is 12.3. The molecule has 0 unspecified atom stereocenters. The van der Waals surface area contributed by atoms with Gasteiger partial charge < -0.3 is 9.47 Å². The van der Waals surface area contributed by atoms with E-state index in [9.17, 15) is 4.79 Å². The summed E-state index contributed by atoms with van der Waals surface area (Å²) in [6, 6.07) is 15.0. The lowest BCUT2D eigenvalue weighted by Crippen LogP contribution is -2.15. The number of amides is 1. The number of carbonyl (C=O) groups is 1. The number of anilines is 1. The van der Waals surface area contributed by atoms with E-state index in [-0.39, 0.29) is 11.9 Å². The molecule has 31 heavy (non-hydrogen) atoms. The van der Waals surface area contributed by atoms with Gasteiger partial charge >= 0.3 is 0 Å². The van der Waals surface area contributed by atoms with Crippen molar-refractivity contribution < 1.29 is 14.3 Å². The fourth-order valence-corrected chi connectivity index (χ4v) is 3.25. The maximum Gasteiger partial charge on any atom is 0.229 e. The summed E-state index contributed by atoms with van der Waals surface area (Å²) in [4.78, 5) is 25.5. The number of aromatic nitrogens is 4. The highest BCUT2D eigenvalue weighted by atomic mass is 16.5. The monoisotopic (exact) mass is 417 g/mol. The zero-order valence-corrected chi connectivity index (χ0v) is 17.4. The molecule has 0 aliphatic carbocycles. The van der Waals surface area contributed by atoms with Crippen LogP contribution in [0.3, 0.4) is 0 Å². The number of carbonyl (C=O) groups excluding carboxylic acids is 1. The van der Waals surface area contributed by atoms with E-state index in [1.165, 1.54) is 0 Å². The van der Waals surface area contributed by atoms with Gasteiger partial charge in [0.15, 0.2) is 0 Å². The van der Waals surface area contributed by atoms with Crippen LogP contribution in [0.5, 0.6) is 11.5 Å². The van der Waals surface area contributed by atoms with Gasteiger partial charge in [-0.05, 0) is 55.8 Å². The van der Waals surface area contributed by atoms with Gasteiger partial charge in [0, 0.05) is 18.8 Å². The highest BCUT2D eigenvalue weighted by molar-refractivity contribution is 5.89. The average molecular weight is 417 g/mol. The van der Waals surface area contributed by atoms with Crippen molar-refractivity contribution in [3.63, 3.8) is 0 Å². The lowest BCUT2D eigenvalue weighted by molar-refractivity contribution is -0.116. The Morgan fingerprint density at radius 2 is 1.87 bits per heavy atom. The van der Waals surface area contributed by atoms with Gasteiger partial charge in [-0.3, -0.25) is 14.5 Å². The Morgan fingerprint density at radius 1 is 1.06 bits per heavy atom. The van der Waals surface area contributed by atoms with Crippen molar-refractivity contribution in [3.8, 4) is 22.9 Å². The van der Waals surface area contributed by atoms with Crippen molar-refractivity contribution in [1.82, 2.24) is 19.4 Å². The molecule has 8 heteroatoms. The van der Waals surface area contributed by atoms with E-state index >= 15 is 0 Å². The van der Waals surface area contributed by atoms with Gasteiger partial charge in [0.2, 0.25) is 11.9 Å². The van der Waals surface area contributed by atoms with Crippen molar-refractivity contribution in [2.45, 2.75) is 19.8 Å². The SMILES string of the molecule is COc1ccc(OCCCC(=O)Nc2nccc(-c3c(C)nc4ccccn34)n2)cc1. The summed E-state index contributed by atoms with van der Waals surface area (Å²) in [7, 11) is 1.62. The molecule has 0 atom stereocenters. The van der Waals surface area contributed by atoms with Crippen LogP contribution >= 0.6 is 0 Å². The summed E-state index contributed by atoms with van der Waals surface area (Å²) in [5.74, 6) is 1.61. The van der Waals surface area contributed by atoms with Crippen LogP contribution in [0.2, 0.25) is 0 Å². The minimum atomic E-state index is -0.162. The number of nitrogens with one attached hydrogen (secondary N) is 1. The first-order chi connectivity index (χ1) is 15.1. The molecule has 3 heterocycles. The first-order valence-electron chi connectivity index (χ1n) is 9.98. The molecule has 4 aromatic rings. The average Bonchev–Trinajstić information content (AvgIpc) is 3.13. The van der Waals surface area contributed by atoms with Crippen LogP contribution in [0.1, 0.15) is 18.5 Å². The van der Waals surface area contributed by atoms with Gasteiger partial charge in [-0.1, -0.05) is 6.07 Å². The Bertz CT molecular complexity index is 1190. The number of fused-ring (bicyclic) bond motifs is 1. The Labute approximate surface area is 179 Å². The molecule has 0 saturated carbocycles. The third-order valence-corrected chi connectivity index (χ3v) is 4.73. The fourth-order valence-electron chi connectivity index (χ4n) is 3.25. The quantitative estimate of drug-likeness (QED) is 0.437. The zero-order valence-electron chi connectivity index (χ0n) is 17.4. The van der Waals surface area contributed by atoms with Gasteiger partial charge in [0.25, 0.3) is 0 Å². The van der Waals surface area contributed by atoms with Crippen molar-refractivity contribution in [3.05, 3.63) is 66.6 Å². The number of imidazole rings is 1. The lowest BCUT2D eigenvalue weighted by atomic mass is 10.2. The molecule has 1 aromatic carbocycles. The minimum Gasteiger partial charge on any atom is -0.497 e. The highest BCUT2D eigenvalue weighted by Gasteiger charge is 2.13. The summed E-state index contributed by atoms with van der Waals surface area (Å²) >= 11 is 0. The van der Waals surface area contributed by atoms with Crippen molar-refractivity contribution in [2.75, 3.05) is 19.0 Å². The summed E-state index contributed by atoms with van der Waals surface area (Å²) in [5.41, 5.74) is 3.28. The number of nitrogens with zero attached hydrogens (tertiary/aromatic N) is 4. The summed E-state index contributed by atoms with van der Waals surface area (Å²) in [5, 5.41) is 2.76. The Balaban J connectivity index is 1.34.